The molecule has 0 fully saturated rings. The van der Waals surface area contributed by atoms with E-state index in [4.69, 9.17) is 21.1 Å². The maximum absolute atomic E-state index is 12.6. The van der Waals surface area contributed by atoms with Crippen molar-refractivity contribution in [3.63, 3.8) is 0 Å². The topological polar surface area (TPSA) is 84.9 Å². The number of carbonyl (C=O) groups is 3. The van der Waals surface area contributed by atoms with Crippen molar-refractivity contribution in [2.75, 3.05) is 31.2 Å². The number of halogens is 1. The van der Waals surface area contributed by atoms with E-state index in [1.165, 1.54) is 4.90 Å². The molecule has 164 valence electrons. The smallest absolute Gasteiger partial charge is 0.265 e. The van der Waals surface area contributed by atoms with Gasteiger partial charge < -0.3 is 14.8 Å². The van der Waals surface area contributed by atoms with E-state index in [1.54, 1.807) is 42.5 Å². The van der Waals surface area contributed by atoms with Crippen molar-refractivity contribution < 1.29 is 23.9 Å². The Balaban J connectivity index is 1.68. The number of benzene rings is 2. The first-order valence-electron chi connectivity index (χ1n) is 10.1. The summed E-state index contributed by atoms with van der Waals surface area (Å²) < 4.78 is 11.0. The first kappa shape index (κ1) is 22.6. The molecule has 2 aromatic rings. The number of fused-ring (bicyclic) bond motifs is 1. The molecule has 0 unspecified atom stereocenters. The summed E-state index contributed by atoms with van der Waals surface area (Å²) in [5, 5.41) is 3.40. The van der Waals surface area contributed by atoms with Gasteiger partial charge in [0.25, 0.3) is 5.91 Å². The van der Waals surface area contributed by atoms with Gasteiger partial charge in [-0.2, -0.15) is 0 Å². The van der Waals surface area contributed by atoms with E-state index in [1.807, 2.05) is 0 Å². The zero-order valence-electron chi connectivity index (χ0n) is 17.5. The number of hydrogen-bond acceptors (Lipinski definition) is 5. The van der Waals surface area contributed by atoms with Crippen molar-refractivity contribution >= 4 is 34.9 Å². The summed E-state index contributed by atoms with van der Waals surface area (Å²) in [6, 6.07) is 11.5. The van der Waals surface area contributed by atoms with Gasteiger partial charge in [0.1, 0.15) is 18.0 Å². The first-order valence-corrected chi connectivity index (χ1v) is 10.5. The Morgan fingerprint density at radius 2 is 1.94 bits per heavy atom. The molecular weight excluding hydrogens is 420 g/mol. The Morgan fingerprint density at radius 1 is 1.19 bits per heavy atom. The summed E-state index contributed by atoms with van der Waals surface area (Å²) in [5.41, 5.74) is 0.754. The Labute approximate surface area is 186 Å². The van der Waals surface area contributed by atoms with Gasteiger partial charge in [0.2, 0.25) is 5.91 Å². The largest absolute Gasteiger partial charge is 0.485 e. The molecule has 8 heteroatoms. The molecule has 1 aliphatic rings. The number of carbonyl (C=O) groups excluding carboxylic acids is 3. The average molecular weight is 445 g/mol. The lowest BCUT2D eigenvalue weighted by atomic mass is 10.1. The van der Waals surface area contributed by atoms with Crippen molar-refractivity contribution in [1.29, 1.82) is 0 Å². The molecule has 2 aromatic carbocycles. The molecule has 0 bridgehead atoms. The Kier molecular flexibility index (Phi) is 7.52. The van der Waals surface area contributed by atoms with Gasteiger partial charge in [0.05, 0.1) is 5.69 Å². The highest BCUT2D eigenvalue weighted by molar-refractivity contribution is 6.30. The number of anilines is 1. The highest BCUT2D eigenvalue weighted by Gasteiger charge is 2.28. The molecule has 1 N–H and O–H groups in total. The summed E-state index contributed by atoms with van der Waals surface area (Å²) in [7, 11) is 0. The third-order valence-corrected chi connectivity index (χ3v) is 5.01. The average Bonchev–Trinajstić information content (AvgIpc) is 2.74. The van der Waals surface area contributed by atoms with Gasteiger partial charge in [0, 0.05) is 17.1 Å². The van der Waals surface area contributed by atoms with Crippen molar-refractivity contribution in [3.05, 3.63) is 53.1 Å². The molecule has 0 aromatic heterocycles. The molecule has 1 heterocycles. The Bertz CT molecular complexity index is 959. The molecule has 31 heavy (non-hydrogen) atoms. The number of ketones is 1. The van der Waals surface area contributed by atoms with Crippen LogP contribution < -0.4 is 19.7 Å². The second-order valence-corrected chi connectivity index (χ2v) is 8.09. The minimum absolute atomic E-state index is 0.133. The van der Waals surface area contributed by atoms with Crippen molar-refractivity contribution in [3.8, 4) is 11.5 Å². The molecule has 1 aliphatic heterocycles. The van der Waals surface area contributed by atoms with Gasteiger partial charge >= 0.3 is 0 Å². The van der Waals surface area contributed by atoms with Crippen molar-refractivity contribution in [2.24, 2.45) is 5.92 Å². The van der Waals surface area contributed by atoms with Gasteiger partial charge in [-0.05, 0) is 54.8 Å². The first-order chi connectivity index (χ1) is 14.8. The van der Waals surface area contributed by atoms with Crippen LogP contribution in [0.1, 0.15) is 30.6 Å². The Hall–Kier alpha value is -3.06. The quantitative estimate of drug-likeness (QED) is 0.598. The lowest BCUT2D eigenvalue weighted by Gasteiger charge is -2.29. The van der Waals surface area contributed by atoms with Crippen LogP contribution in [-0.2, 0) is 9.59 Å². The number of nitrogens with one attached hydrogen (secondary N) is 1. The SMILES string of the molecule is CC(C)CCNC(=O)CN1C(=O)COc2ccc(C(=O)COc3ccc(Cl)cc3)cc21. The summed E-state index contributed by atoms with van der Waals surface area (Å²) in [5.74, 6) is 0.573. The van der Waals surface area contributed by atoms with Crippen LogP contribution in [0.4, 0.5) is 5.69 Å². The van der Waals surface area contributed by atoms with Crippen LogP contribution >= 0.6 is 11.6 Å². The predicted molar refractivity (Wildman–Crippen MR) is 118 cm³/mol. The van der Waals surface area contributed by atoms with Crippen LogP contribution in [0.5, 0.6) is 11.5 Å². The van der Waals surface area contributed by atoms with Gasteiger partial charge in [0.15, 0.2) is 19.0 Å². The third kappa shape index (κ3) is 6.21. The van der Waals surface area contributed by atoms with E-state index in [9.17, 15) is 14.4 Å². The van der Waals surface area contributed by atoms with Crippen molar-refractivity contribution in [2.45, 2.75) is 20.3 Å². The van der Waals surface area contributed by atoms with Crippen LogP contribution in [0.15, 0.2) is 42.5 Å². The second kappa shape index (κ2) is 10.3. The van der Waals surface area contributed by atoms with Crippen LogP contribution in [0.2, 0.25) is 5.02 Å². The van der Waals surface area contributed by atoms with E-state index in [0.717, 1.165) is 6.42 Å². The van der Waals surface area contributed by atoms with Crippen molar-refractivity contribution in [1.82, 2.24) is 5.32 Å². The lowest BCUT2D eigenvalue weighted by Crippen LogP contribution is -2.45. The molecule has 7 nitrogen and oxygen atoms in total. The van der Waals surface area contributed by atoms with E-state index in [-0.39, 0.29) is 37.4 Å². The lowest BCUT2D eigenvalue weighted by molar-refractivity contribution is -0.125. The fourth-order valence-electron chi connectivity index (χ4n) is 3.01. The third-order valence-electron chi connectivity index (χ3n) is 4.75. The van der Waals surface area contributed by atoms with Gasteiger partial charge in [-0.3, -0.25) is 19.3 Å². The zero-order valence-corrected chi connectivity index (χ0v) is 18.3. The fourth-order valence-corrected chi connectivity index (χ4v) is 3.14. The number of rotatable bonds is 9. The predicted octanol–water partition coefficient (Wildman–Crippen LogP) is 3.49. The van der Waals surface area contributed by atoms with E-state index >= 15 is 0 Å². The van der Waals surface area contributed by atoms with Gasteiger partial charge in [-0.25, -0.2) is 0 Å². The molecule has 0 saturated carbocycles. The van der Waals surface area contributed by atoms with Gasteiger partial charge in [-0.1, -0.05) is 25.4 Å². The van der Waals surface area contributed by atoms with E-state index in [2.05, 4.69) is 19.2 Å². The Morgan fingerprint density at radius 3 is 2.65 bits per heavy atom. The molecular formula is C23H25ClN2O5. The van der Waals surface area contributed by atoms with Crippen LogP contribution in [-0.4, -0.2) is 43.9 Å². The van der Waals surface area contributed by atoms with Crippen LogP contribution in [0.3, 0.4) is 0 Å². The highest BCUT2D eigenvalue weighted by atomic mass is 35.5. The number of amides is 2. The molecule has 0 saturated heterocycles. The maximum Gasteiger partial charge on any atom is 0.265 e. The summed E-state index contributed by atoms with van der Waals surface area (Å²) in [6.07, 6.45) is 0.853. The zero-order chi connectivity index (χ0) is 22.4. The normalized spacial score (nSPS) is 12.9. The number of nitrogens with zero attached hydrogens (tertiary/aromatic N) is 1. The van der Waals surface area contributed by atoms with E-state index < -0.39 is 0 Å². The van der Waals surface area contributed by atoms with E-state index in [0.29, 0.717) is 40.2 Å². The molecule has 0 aliphatic carbocycles. The fraction of sp³-hybridized carbons (Fsp3) is 0.348. The summed E-state index contributed by atoms with van der Waals surface area (Å²) >= 11 is 5.85. The standard InChI is InChI=1S/C23H25ClN2O5/c1-15(2)9-10-25-22(28)12-26-19-11-16(3-8-21(19)31-14-23(26)29)20(27)13-30-18-6-4-17(24)5-7-18/h3-8,11,15H,9-10,12-14H2,1-2H3,(H,25,28). The van der Waals surface area contributed by atoms with Gasteiger partial charge in [-0.15, -0.1) is 0 Å². The monoisotopic (exact) mass is 444 g/mol. The minimum atomic E-state index is -0.339. The number of ether oxygens (including phenoxy) is 2. The number of hydrogen-bond donors (Lipinski definition) is 1. The maximum atomic E-state index is 12.6. The second-order valence-electron chi connectivity index (χ2n) is 7.65. The minimum Gasteiger partial charge on any atom is -0.485 e. The number of Topliss-reactive ketones (excluding diaryl/α,β-unsaturated/α-hetero) is 1. The highest BCUT2D eigenvalue weighted by Crippen LogP contribution is 2.33. The summed E-state index contributed by atoms with van der Waals surface area (Å²) in [6.45, 7) is 4.23. The molecule has 0 radical (unpaired) electrons. The van der Waals surface area contributed by atoms with Crippen LogP contribution in [0, 0.1) is 5.92 Å². The summed E-state index contributed by atoms with van der Waals surface area (Å²) in [4.78, 5) is 38.7. The molecule has 0 spiro atoms. The van der Waals surface area contributed by atoms with Crippen LogP contribution in [0.25, 0.3) is 0 Å². The molecule has 2 amide bonds. The molecule has 3 rings (SSSR count). The molecule has 0 atom stereocenters.